The van der Waals surface area contributed by atoms with Crippen LogP contribution in [0.4, 0.5) is 5.69 Å². The van der Waals surface area contributed by atoms with Crippen molar-refractivity contribution >= 4 is 22.6 Å². The number of ether oxygens (including phenoxy) is 1. The standard InChI is InChI=1S/C26H25N3O2/c1-19-11-13-22(14-12-19)31-16-15-28-24-10-6-5-9-23(24)27-26(28)20-17-25(30)29(18-20)21-7-3-2-4-8-21/h2-14,20H,15-18H2,1H3/t20-/m1/s1. The molecule has 5 heteroatoms. The van der Waals surface area contributed by atoms with Crippen LogP contribution in [-0.2, 0) is 11.3 Å². The summed E-state index contributed by atoms with van der Waals surface area (Å²) in [5.74, 6) is 2.02. The van der Waals surface area contributed by atoms with Crippen LogP contribution in [-0.4, -0.2) is 28.6 Å². The number of hydrogen-bond donors (Lipinski definition) is 0. The Bertz CT molecular complexity index is 1200. The SMILES string of the molecule is Cc1ccc(OCCn2c([C@@H]3CC(=O)N(c4ccccc4)C3)nc3ccccc32)cc1. The minimum Gasteiger partial charge on any atom is -0.492 e. The lowest BCUT2D eigenvalue weighted by Crippen LogP contribution is -2.24. The summed E-state index contributed by atoms with van der Waals surface area (Å²) < 4.78 is 8.20. The molecule has 0 N–H and O–H groups in total. The molecule has 2 heterocycles. The predicted octanol–water partition coefficient (Wildman–Crippen LogP) is 4.94. The van der Waals surface area contributed by atoms with Crippen molar-refractivity contribution in [2.24, 2.45) is 0 Å². The van der Waals surface area contributed by atoms with Crippen LogP contribution >= 0.6 is 0 Å². The minimum absolute atomic E-state index is 0.0551. The van der Waals surface area contributed by atoms with Gasteiger partial charge in [0.15, 0.2) is 0 Å². The maximum absolute atomic E-state index is 12.8. The van der Waals surface area contributed by atoms with Gasteiger partial charge >= 0.3 is 0 Å². The summed E-state index contributed by atoms with van der Waals surface area (Å²) in [5, 5.41) is 0. The van der Waals surface area contributed by atoms with Crippen molar-refractivity contribution in [3.8, 4) is 5.75 Å². The zero-order valence-corrected chi connectivity index (χ0v) is 17.6. The maximum Gasteiger partial charge on any atom is 0.227 e. The molecule has 1 atom stereocenters. The van der Waals surface area contributed by atoms with E-state index in [1.54, 1.807) is 0 Å². The van der Waals surface area contributed by atoms with Crippen molar-refractivity contribution in [2.45, 2.75) is 25.8 Å². The van der Waals surface area contributed by atoms with Crippen molar-refractivity contribution in [3.63, 3.8) is 0 Å². The third kappa shape index (κ3) is 3.91. The van der Waals surface area contributed by atoms with Gasteiger partial charge in [-0.3, -0.25) is 4.79 Å². The molecule has 0 saturated carbocycles. The molecule has 1 aliphatic rings. The van der Waals surface area contributed by atoms with Gasteiger partial charge in [-0.25, -0.2) is 4.98 Å². The molecule has 31 heavy (non-hydrogen) atoms. The van der Waals surface area contributed by atoms with E-state index in [1.165, 1.54) is 5.56 Å². The van der Waals surface area contributed by atoms with Crippen LogP contribution in [0.15, 0.2) is 78.9 Å². The first-order chi connectivity index (χ1) is 15.2. The quantitative estimate of drug-likeness (QED) is 0.451. The molecule has 5 rings (SSSR count). The van der Waals surface area contributed by atoms with E-state index in [9.17, 15) is 4.79 Å². The molecule has 0 radical (unpaired) electrons. The number of hydrogen-bond acceptors (Lipinski definition) is 3. The maximum atomic E-state index is 12.8. The Kier molecular flexibility index (Phi) is 5.16. The first-order valence-electron chi connectivity index (χ1n) is 10.7. The summed E-state index contributed by atoms with van der Waals surface area (Å²) in [4.78, 5) is 19.6. The summed E-state index contributed by atoms with van der Waals surface area (Å²) in [5.41, 5.74) is 4.19. The van der Waals surface area contributed by atoms with Crippen molar-refractivity contribution in [3.05, 3.63) is 90.3 Å². The molecule has 1 aromatic heterocycles. The summed E-state index contributed by atoms with van der Waals surface area (Å²) >= 11 is 0. The first-order valence-corrected chi connectivity index (χ1v) is 10.7. The Morgan fingerprint density at radius 3 is 2.52 bits per heavy atom. The summed E-state index contributed by atoms with van der Waals surface area (Å²) in [6.45, 7) is 3.93. The molecule has 4 aromatic rings. The highest BCUT2D eigenvalue weighted by Gasteiger charge is 2.34. The van der Waals surface area contributed by atoms with Gasteiger partial charge in [-0.1, -0.05) is 48.0 Å². The van der Waals surface area contributed by atoms with Crippen molar-refractivity contribution in [1.82, 2.24) is 9.55 Å². The zero-order valence-electron chi connectivity index (χ0n) is 17.6. The lowest BCUT2D eigenvalue weighted by atomic mass is 10.1. The van der Waals surface area contributed by atoms with Crippen molar-refractivity contribution in [2.75, 3.05) is 18.1 Å². The molecule has 156 valence electrons. The van der Waals surface area contributed by atoms with E-state index < -0.39 is 0 Å². The predicted molar refractivity (Wildman–Crippen MR) is 123 cm³/mol. The van der Waals surface area contributed by atoms with Gasteiger partial charge in [-0.15, -0.1) is 0 Å². The number of rotatable bonds is 6. The topological polar surface area (TPSA) is 47.4 Å². The van der Waals surface area contributed by atoms with Crippen LogP contribution in [0.1, 0.15) is 23.7 Å². The average molecular weight is 412 g/mol. The van der Waals surface area contributed by atoms with Crippen LogP contribution in [0, 0.1) is 6.92 Å². The third-order valence-electron chi connectivity index (χ3n) is 5.85. The van der Waals surface area contributed by atoms with Gasteiger partial charge < -0.3 is 14.2 Å². The van der Waals surface area contributed by atoms with Crippen molar-refractivity contribution < 1.29 is 9.53 Å². The number of para-hydroxylation sites is 3. The molecule has 0 unspecified atom stereocenters. The monoisotopic (exact) mass is 411 g/mol. The molecule has 3 aromatic carbocycles. The molecule has 0 bridgehead atoms. The molecule has 1 aliphatic heterocycles. The summed E-state index contributed by atoms with van der Waals surface area (Å²) in [6, 6.07) is 26.1. The van der Waals surface area contributed by atoms with E-state index in [-0.39, 0.29) is 11.8 Å². The molecule has 0 aliphatic carbocycles. The molecule has 0 spiro atoms. The minimum atomic E-state index is 0.0551. The lowest BCUT2D eigenvalue weighted by molar-refractivity contribution is -0.117. The van der Waals surface area contributed by atoms with E-state index in [2.05, 4.69) is 29.7 Å². The highest BCUT2D eigenvalue weighted by molar-refractivity contribution is 5.96. The van der Waals surface area contributed by atoms with Gasteiger partial charge in [-0.05, 0) is 43.3 Å². The second-order valence-electron chi connectivity index (χ2n) is 8.01. The fraction of sp³-hybridized carbons (Fsp3) is 0.231. The Hall–Kier alpha value is -3.60. The number of carbonyl (C=O) groups is 1. The molecule has 1 amide bonds. The number of aromatic nitrogens is 2. The number of carbonyl (C=O) groups excluding carboxylic acids is 1. The molecule has 5 nitrogen and oxygen atoms in total. The number of nitrogens with zero attached hydrogens (tertiary/aromatic N) is 3. The second-order valence-corrected chi connectivity index (χ2v) is 8.01. The highest BCUT2D eigenvalue weighted by atomic mass is 16.5. The first kappa shape index (κ1) is 19.4. The summed E-state index contributed by atoms with van der Waals surface area (Å²) in [6.07, 6.45) is 0.469. The fourth-order valence-electron chi connectivity index (χ4n) is 4.27. The number of benzene rings is 3. The largest absolute Gasteiger partial charge is 0.492 e. The Morgan fingerprint density at radius 2 is 1.71 bits per heavy atom. The van der Waals surface area contributed by atoms with Crippen LogP contribution in [0.5, 0.6) is 5.75 Å². The Balaban J connectivity index is 1.40. The number of fused-ring (bicyclic) bond motifs is 1. The highest BCUT2D eigenvalue weighted by Crippen LogP contribution is 2.33. The third-order valence-corrected chi connectivity index (χ3v) is 5.85. The van der Waals surface area contributed by atoms with Crippen LogP contribution in [0.3, 0.4) is 0 Å². The second kappa shape index (κ2) is 8.26. The number of aryl methyl sites for hydroxylation is 1. The van der Waals surface area contributed by atoms with Gasteiger partial charge in [-0.2, -0.15) is 0 Å². The molecular formula is C26H25N3O2. The van der Waals surface area contributed by atoms with Crippen LogP contribution in [0.2, 0.25) is 0 Å². The van der Waals surface area contributed by atoms with Gasteiger partial charge in [0.1, 0.15) is 18.2 Å². The van der Waals surface area contributed by atoms with Crippen LogP contribution < -0.4 is 9.64 Å². The summed E-state index contributed by atoms with van der Waals surface area (Å²) in [7, 11) is 0. The van der Waals surface area contributed by atoms with Gasteiger partial charge in [0, 0.05) is 24.6 Å². The smallest absolute Gasteiger partial charge is 0.227 e. The van der Waals surface area contributed by atoms with E-state index in [1.807, 2.05) is 65.6 Å². The van der Waals surface area contributed by atoms with E-state index >= 15 is 0 Å². The Morgan fingerprint density at radius 1 is 0.968 bits per heavy atom. The molecular weight excluding hydrogens is 386 g/mol. The molecule has 1 saturated heterocycles. The van der Waals surface area contributed by atoms with Gasteiger partial charge in [0.2, 0.25) is 5.91 Å². The number of amides is 1. The number of anilines is 1. The van der Waals surface area contributed by atoms with Crippen LogP contribution in [0.25, 0.3) is 11.0 Å². The lowest BCUT2D eigenvalue weighted by Gasteiger charge is -2.17. The van der Waals surface area contributed by atoms with E-state index in [4.69, 9.17) is 9.72 Å². The van der Waals surface area contributed by atoms with Gasteiger partial charge in [0.25, 0.3) is 0 Å². The normalized spacial score (nSPS) is 16.2. The number of imidazole rings is 1. The molecule has 1 fully saturated rings. The zero-order chi connectivity index (χ0) is 21.2. The Labute approximate surface area is 181 Å². The fourth-order valence-corrected chi connectivity index (χ4v) is 4.27. The average Bonchev–Trinajstić information content (AvgIpc) is 3.36. The van der Waals surface area contributed by atoms with E-state index in [0.29, 0.717) is 26.1 Å². The van der Waals surface area contributed by atoms with Crippen molar-refractivity contribution in [1.29, 1.82) is 0 Å². The van der Waals surface area contributed by atoms with E-state index in [0.717, 1.165) is 28.3 Å². The van der Waals surface area contributed by atoms with Gasteiger partial charge in [0.05, 0.1) is 17.6 Å².